The van der Waals surface area contributed by atoms with E-state index in [1.54, 1.807) is 7.11 Å². The molecule has 0 radical (unpaired) electrons. The fraction of sp³-hybridized carbons (Fsp3) is 0.242. The number of benzene rings is 4. The first-order valence-electron chi connectivity index (χ1n) is 13.0. The van der Waals surface area contributed by atoms with E-state index >= 15 is 0 Å². The molecule has 0 aromatic heterocycles. The van der Waals surface area contributed by atoms with Crippen molar-refractivity contribution in [1.82, 2.24) is 0 Å². The van der Waals surface area contributed by atoms with E-state index in [-0.39, 0.29) is 18.1 Å². The van der Waals surface area contributed by atoms with Gasteiger partial charge in [-0.15, -0.1) is 0 Å². The molecular formula is C33H31NO3. The Hall–Kier alpha value is -4.05. The Labute approximate surface area is 218 Å². The van der Waals surface area contributed by atoms with Crippen LogP contribution in [-0.4, -0.2) is 25.9 Å². The van der Waals surface area contributed by atoms with Crippen molar-refractivity contribution < 1.29 is 14.3 Å². The number of fused-ring (bicyclic) bond motifs is 1. The second-order valence-corrected chi connectivity index (χ2v) is 9.96. The average Bonchev–Trinajstić information content (AvgIpc) is 3.55. The number of rotatable bonds is 6. The molecule has 1 fully saturated rings. The smallest absolute Gasteiger partial charge is 0.414 e. The van der Waals surface area contributed by atoms with Gasteiger partial charge in [-0.05, 0) is 72.2 Å². The summed E-state index contributed by atoms with van der Waals surface area (Å²) >= 11 is 0. The van der Waals surface area contributed by atoms with Gasteiger partial charge in [0.05, 0.1) is 18.8 Å². The monoisotopic (exact) mass is 489 g/mol. The molecule has 1 heterocycles. The molecule has 37 heavy (non-hydrogen) atoms. The van der Waals surface area contributed by atoms with Crippen LogP contribution in [0.4, 0.5) is 10.5 Å². The van der Waals surface area contributed by atoms with Crippen LogP contribution in [0.25, 0.3) is 11.1 Å². The Balaban J connectivity index is 1.56. The van der Waals surface area contributed by atoms with Gasteiger partial charge in [-0.3, -0.25) is 4.90 Å². The van der Waals surface area contributed by atoms with E-state index in [0.717, 1.165) is 58.5 Å². The van der Waals surface area contributed by atoms with Gasteiger partial charge < -0.3 is 9.47 Å². The normalized spacial score (nSPS) is 16.7. The molecule has 6 rings (SSSR count). The van der Waals surface area contributed by atoms with Crippen molar-refractivity contribution in [2.45, 2.75) is 38.1 Å². The third-order valence-corrected chi connectivity index (χ3v) is 7.80. The van der Waals surface area contributed by atoms with Gasteiger partial charge in [-0.1, -0.05) is 72.8 Å². The maximum atomic E-state index is 13.5. The number of amides is 1. The number of cyclic esters (lactones) is 1. The largest absolute Gasteiger partial charge is 0.496 e. The predicted octanol–water partition coefficient (Wildman–Crippen LogP) is 7.32. The van der Waals surface area contributed by atoms with Gasteiger partial charge in [0, 0.05) is 17.0 Å². The first-order valence-corrected chi connectivity index (χ1v) is 13.0. The molecule has 2 aliphatic rings. The van der Waals surface area contributed by atoms with Crippen LogP contribution in [0.1, 0.15) is 40.2 Å². The Morgan fingerprint density at radius 2 is 1.51 bits per heavy atom. The quantitative estimate of drug-likeness (QED) is 0.285. The molecule has 1 amide bonds. The van der Waals surface area contributed by atoms with Gasteiger partial charge in [0.1, 0.15) is 12.4 Å². The minimum atomic E-state index is -0.298. The van der Waals surface area contributed by atoms with Crippen molar-refractivity contribution in [1.29, 1.82) is 0 Å². The lowest BCUT2D eigenvalue weighted by molar-refractivity contribution is 0.178. The van der Waals surface area contributed by atoms with Crippen molar-refractivity contribution in [3.63, 3.8) is 0 Å². The van der Waals surface area contributed by atoms with E-state index in [1.165, 1.54) is 11.1 Å². The first-order chi connectivity index (χ1) is 18.2. The summed E-state index contributed by atoms with van der Waals surface area (Å²) in [6.45, 7) is 2.43. The molecule has 0 unspecified atom stereocenters. The van der Waals surface area contributed by atoms with E-state index < -0.39 is 0 Å². The lowest BCUT2D eigenvalue weighted by atomic mass is 9.84. The van der Waals surface area contributed by atoms with Crippen LogP contribution in [0.2, 0.25) is 0 Å². The number of carbonyl (C=O) groups excluding carboxylic acids is 1. The highest BCUT2D eigenvalue weighted by Crippen LogP contribution is 2.46. The number of hydrogen-bond acceptors (Lipinski definition) is 3. The Bertz CT molecular complexity index is 1390. The van der Waals surface area contributed by atoms with E-state index in [2.05, 4.69) is 73.7 Å². The Morgan fingerprint density at radius 1 is 0.865 bits per heavy atom. The molecule has 1 atom stereocenters. The summed E-state index contributed by atoms with van der Waals surface area (Å²) in [5.74, 6) is 0.778. The zero-order valence-electron chi connectivity index (χ0n) is 21.3. The number of carbonyl (C=O) groups is 1. The van der Waals surface area contributed by atoms with Gasteiger partial charge in [0.2, 0.25) is 0 Å². The standard InChI is InChI=1S/C33H31NO3/c1-22-11-9-18-30(36-2)31(22)27-19-25-16-10-17-26(25)20-28(27)34-29(21-37-33(34)35)32(23-12-5-3-6-13-23)24-14-7-4-8-15-24/h3-9,11-15,18-20,29,32H,10,16-17,21H2,1-2H3/t29-/m0/s1. The number of ether oxygens (including phenoxy) is 2. The molecule has 4 aromatic rings. The Morgan fingerprint density at radius 3 is 2.16 bits per heavy atom. The number of nitrogens with zero attached hydrogens (tertiary/aromatic N) is 1. The summed E-state index contributed by atoms with van der Waals surface area (Å²) in [4.78, 5) is 15.5. The third kappa shape index (κ3) is 4.17. The molecule has 0 N–H and O–H groups in total. The third-order valence-electron chi connectivity index (χ3n) is 7.80. The minimum absolute atomic E-state index is 0.0336. The maximum Gasteiger partial charge on any atom is 0.414 e. The van der Waals surface area contributed by atoms with E-state index in [0.29, 0.717) is 6.61 Å². The molecule has 186 valence electrons. The summed E-state index contributed by atoms with van der Waals surface area (Å²) in [6.07, 6.45) is 2.92. The molecule has 1 aliphatic carbocycles. The SMILES string of the molecule is COc1cccc(C)c1-c1cc2c(cc1N1C(=O)OC[C@H]1C(c1ccccc1)c1ccccc1)CCC2. The van der Waals surface area contributed by atoms with Gasteiger partial charge in [0.25, 0.3) is 0 Å². The van der Waals surface area contributed by atoms with Gasteiger partial charge in [-0.2, -0.15) is 0 Å². The Kier molecular flexibility index (Phi) is 6.17. The summed E-state index contributed by atoms with van der Waals surface area (Å²) in [5, 5.41) is 0. The molecular weight excluding hydrogens is 458 g/mol. The van der Waals surface area contributed by atoms with Gasteiger partial charge in [0.15, 0.2) is 0 Å². The van der Waals surface area contributed by atoms with Crippen LogP contribution in [0, 0.1) is 6.92 Å². The number of anilines is 1. The zero-order valence-corrected chi connectivity index (χ0v) is 21.3. The van der Waals surface area contributed by atoms with E-state index in [9.17, 15) is 4.79 Å². The number of methoxy groups -OCH3 is 1. The van der Waals surface area contributed by atoms with Crippen LogP contribution in [0.3, 0.4) is 0 Å². The highest BCUT2D eigenvalue weighted by molar-refractivity contribution is 5.98. The van der Waals surface area contributed by atoms with Gasteiger partial charge in [-0.25, -0.2) is 4.79 Å². The second kappa shape index (κ2) is 9.78. The molecule has 1 aliphatic heterocycles. The molecule has 4 aromatic carbocycles. The fourth-order valence-electron chi connectivity index (χ4n) is 6.08. The highest BCUT2D eigenvalue weighted by atomic mass is 16.6. The summed E-state index contributed by atoms with van der Waals surface area (Å²) < 4.78 is 11.6. The van der Waals surface area contributed by atoms with Crippen molar-refractivity contribution in [3.05, 3.63) is 119 Å². The van der Waals surface area contributed by atoms with Crippen molar-refractivity contribution >= 4 is 11.8 Å². The van der Waals surface area contributed by atoms with Crippen molar-refractivity contribution in [2.75, 3.05) is 18.6 Å². The lowest BCUT2D eigenvalue weighted by Crippen LogP contribution is -2.39. The first kappa shape index (κ1) is 23.4. The van der Waals surface area contributed by atoms with Crippen LogP contribution >= 0.6 is 0 Å². The molecule has 0 spiro atoms. The van der Waals surface area contributed by atoms with Gasteiger partial charge >= 0.3 is 6.09 Å². The van der Waals surface area contributed by atoms with Crippen molar-refractivity contribution in [3.8, 4) is 16.9 Å². The summed E-state index contributed by atoms with van der Waals surface area (Å²) in [7, 11) is 1.71. The summed E-state index contributed by atoms with van der Waals surface area (Å²) in [5.41, 5.74) is 9.08. The second-order valence-electron chi connectivity index (χ2n) is 9.96. The number of hydrogen-bond donors (Lipinski definition) is 0. The predicted molar refractivity (Wildman–Crippen MR) is 148 cm³/mol. The van der Waals surface area contributed by atoms with Crippen LogP contribution < -0.4 is 9.64 Å². The van der Waals surface area contributed by atoms with E-state index in [4.69, 9.17) is 9.47 Å². The van der Waals surface area contributed by atoms with E-state index in [1.807, 2.05) is 29.2 Å². The molecule has 1 saturated heterocycles. The fourth-order valence-corrected chi connectivity index (χ4v) is 6.08. The maximum absolute atomic E-state index is 13.5. The van der Waals surface area contributed by atoms with Crippen LogP contribution in [-0.2, 0) is 17.6 Å². The van der Waals surface area contributed by atoms with Crippen molar-refractivity contribution in [2.24, 2.45) is 0 Å². The zero-order chi connectivity index (χ0) is 25.4. The minimum Gasteiger partial charge on any atom is -0.496 e. The lowest BCUT2D eigenvalue weighted by Gasteiger charge is -2.32. The van der Waals surface area contributed by atoms with Crippen LogP contribution in [0.15, 0.2) is 91.0 Å². The average molecular weight is 490 g/mol. The molecule has 0 bridgehead atoms. The molecule has 4 nitrogen and oxygen atoms in total. The highest BCUT2D eigenvalue weighted by Gasteiger charge is 2.42. The molecule has 4 heteroatoms. The molecule has 0 saturated carbocycles. The topological polar surface area (TPSA) is 38.8 Å². The van der Waals surface area contributed by atoms with Crippen LogP contribution in [0.5, 0.6) is 5.75 Å². The number of aryl methyl sites for hydroxylation is 3. The summed E-state index contributed by atoms with van der Waals surface area (Å²) in [6, 6.07) is 31.3.